The summed E-state index contributed by atoms with van der Waals surface area (Å²) in [7, 11) is 3.33. The van der Waals surface area contributed by atoms with Gasteiger partial charge in [-0.1, -0.05) is 25.1 Å². The van der Waals surface area contributed by atoms with E-state index in [4.69, 9.17) is 9.84 Å². The molecule has 0 heterocycles. The van der Waals surface area contributed by atoms with E-state index in [1.54, 1.807) is 21.1 Å². The molecular weight excluding hydrogens is 206 g/mol. The van der Waals surface area contributed by atoms with Crippen molar-refractivity contribution in [2.24, 2.45) is 5.92 Å². The molecule has 0 fully saturated rings. The van der Waals surface area contributed by atoms with Gasteiger partial charge in [-0.25, -0.2) is 0 Å². The standard InChI is InChI=1S/C12H17NO3/c1-8(12(14)15)11(13-2)9-6-4-5-7-10(9)16-3/h4-8,11,13H,1-3H3,(H,14,15). The first-order valence-corrected chi connectivity index (χ1v) is 5.14. The maximum absolute atomic E-state index is 11.0. The zero-order valence-corrected chi connectivity index (χ0v) is 9.73. The predicted octanol–water partition coefficient (Wildman–Crippen LogP) is 1.68. The number of nitrogens with one attached hydrogen (secondary N) is 1. The largest absolute Gasteiger partial charge is 0.496 e. The van der Waals surface area contributed by atoms with Gasteiger partial charge in [-0.05, 0) is 13.1 Å². The first kappa shape index (κ1) is 12.5. The average molecular weight is 223 g/mol. The van der Waals surface area contributed by atoms with Gasteiger partial charge in [0.25, 0.3) is 0 Å². The first-order chi connectivity index (χ1) is 7.61. The van der Waals surface area contributed by atoms with Crippen molar-refractivity contribution in [2.45, 2.75) is 13.0 Å². The second-order valence-electron chi connectivity index (χ2n) is 3.64. The molecule has 1 rings (SSSR count). The van der Waals surface area contributed by atoms with E-state index in [-0.39, 0.29) is 6.04 Å². The van der Waals surface area contributed by atoms with Crippen molar-refractivity contribution in [3.63, 3.8) is 0 Å². The van der Waals surface area contributed by atoms with Gasteiger partial charge in [0.1, 0.15) is 5.75 Å². The summed E-state index contributed by atoms with van der Waals surface area (Å²) in [4.78, 5) is 11.0. The Balaban J connectivity index is 3.07. The molecular formula is C12H17NO3. The van der Waals surface area contributed by atoms with Gasteiger partial charge in [0.2, 0.25) is 0 Å². The SMILES string of the molecule is CNC(c1ccccc1OC)C(C)C(=O)O. The number of carboxylic acid groups (broad SMARTS) is 1. The fraction of sp³-hybridized carbons (Fsp3) is 0.417. The lowest BCUT2D eigenvalue weighted by molar-refractivity contribution is -0.142. The highest BCUT2D eigenvalue weighted by atomic mass is 16.5. The lowest BCUT2D eigenvalue weighted by Gasteiger charge is -2.22. The van der Waals surface area contributed by atoms with E-state index in [2.05, 4.69) is 5.32 Å². The summed E-state index contributed by atoms with van der Waals surface area (Å²) in [6, 6.07) is 7.18. The minimum absolute atomic E-state index is 0.256. The van der Waals surface area contributed by atoms with Crippen LogP contribution in [0, 0.1) is 5.92 Å². The zero-order valence-electron chi connectivity index (χ0n) is 9.73. The molecule has 0 bridgehead atoms. The Kier molecular flexibility index (Phi) is 4.31. The highest BCUT2D eigenvalue weighted by molar-refractivity contribution is 5.71. The molecule has 2 unspecified atom stereocenters. The third-order valence-corrected chi connectivity index (χ3v) is 2.67. The predicted molar refractivity (Wildman–Crippen MR) is 61.6 cm³/mol. The molecule has 0 radical (unpaired) electrons. The normalized spacial score (nSPS) is 14.2. The van der Waals surface area contributed by atoms with Crippen LogP contribution < -0.4 is 10.1 Å². The molecule has 0 saturated carbocycles. The molecule has 0 saturated heterocycles. The molecule has 4 nitrogen and oxygen atoms in total. The molecule has 16 heavy (non-hydrogen) atoms. The van der Waals surface area contributed by atoms with Crippen LogP contribution in [0.5, 0.6) is 5.75 Å². The zero-order chi connectivity index (χ0) is 12.1. The molecule has 0 amide bonds. The highest BCUT2D eigenvalue weighted by Crippen LogP contribution is 2.29. The van der Waals surface area contributed by atoms with Crippen LogP contribution in [0.3, 0.4) is 0 Å². The molecule has 1 aromatic carbocycles. The van der Waals surface area contributed by atoms with Crippen molar-refractivity contribution in [3.05, 3.63) is 29.8 Å². The molecule has 88 valence electrons. The molecule has 1 aromatic rings. The van der Waals surface area contributed by atoms with Crippen molar-refractivity contribution in [1.82, 2.24) is 5.32 Å². The second kappa shape index (κ2) is 5.51. The number of hydrogen-bond donors (Lipinski definition) is 2. The van der Waals surface area contributed by atoms with Crippen LogP contribution in [0.4, 0.5) is 0 Å². The Morgan fingerprint density at radius 2 is 2.06 bits per heavy atom. The number of ether oxygens (including phenoxy) is 1. The third-order valence-electron chi connectivity index (χ3n) is 2.67. The molecule has 2 atom stereocenters. The van der Waals surface area contributed by atoms with E-state index in [1.165, 1.54) is 0 Å². The summed E-state index contributed by atoms with van der Waals surface area (Å²) in [5, 5.41) is 12.0. The number of para-hydroxylation sites is 1. The van der Waals surface area contributed by atoms with Gasteiger partial charge in [-0.2, -0.15) is 0 Å². The number of methoxy groups -OCH3 is 1. The van der Waals surface area contributed by atoms with Crippen molar-refractivity contribution in [2.75, 3.05) is 14.2 Å². The van der Waals surface area contributed by atoms with Crippen molar-refractivity contribution in [1.29, 1.82) is 0 Å². The fourth-order valence-corrected chi connectivity index (χ4v) is 1.74. The van der Waals surface area contributed by atoms with Gasteiger partial charge in [0.05, 0.1) is 13.0 Å². The van der Waals surface area contributed by atoms with Crippen LogP contribution in [0.2, 0.25) is 0 Å². The quantitative estimate of drug-likeness (QED) is 0.797. The number of carbonyl (C=O) groups is 1. The Labute approximate surface area is 95.2 Å². The summed E-state index contributed by atoms with van der Waals surface area (Å²) >= 11 is 0. The number of aliphatic carboxylic acids is 1. The van der Waals surface area contributed by atoms with Crippen LogP contribution in [0.1, 0.15) is 18.5 Å². The number of benzene rings is 1. The molecule has 2 N–H and O–H groups in total. The molecule has 0 spiro atoms. The second-order valence-corrected chi connectivity index (χ2v) is 3.64. The molecule has 0 aliphatic rings. The lowest BCUT2D eigenvalue weighted by atomic mass is 9.94. The Morgan fingerprint density at radius 3 is 2.56 bits per heavy atom. The van der Waals surface area contributed by atoms with E-state index >= 15 is 0 Å². The van der Waals surface area contributed by atoms with Gasteiger partial charge < -0.3 is 15.2 Å². The summed E-state index contributed by atoms with van der Waals surface area (Å²) < 4.78 is 5.23. The van der Waals surface area contributed by atoms with E-state index in [9.17, 15) is 4.79 Å². The van der Waals surface area contributed by atoms with Gasteiger partial charge in [-0.15, -0.1) is 0 Å². The molecule has 4 heteroatoms. The van der Waals surface area contributed by atoms with Crippen molar-refractivity contribution < 1.29 is 14.6 Å². The van der Waals surface area contributed by atoms with Crippen LogP contribution in [0.15, 0.2) is 24.3 Å². The topological polar surface area (TPSA) is 58.6 Å². The van der Waals surface area contributed by atoms with E-state index in [0.717, 1.165) is 5.56 Å². The Bertz CT molecular complexity index is 365. The smallest absolute Gasteiger partial charge is 0.308 e. The number of rotatable bonds is 5. The van der Waals surface area contributed by atoms with Crippen LogP contribution in [-0.4, -0.2) is 25.2 Å². The van der Waals surface area contributed by atoms with E-state index < -0.39 is 11.9 Å². The minimum Gasteiger partial charge on any atom is -0.496 e. The Morgan fingerprint density at radius 1 is 1.44 bits per heavy atom. The summed E-state index contributed by atoms with van der Waals surface area (Å²) in [5.74, 6) is -0.637. The monoisotopic (exact) mass is 223 g/mol. The maximum Gasteiger partial charge on any atom is 0.308 e. The summed E-state index contributed by atoms with van der Waals surface area (Å²) in [6.07, 6.45) is 0. The van der Waals surface area contributed by atoms with E-state index in [1.807, 2.05) is 24.3 Å². The van der Waals surface area contributed by atoms with Gasteiger partial charge in [-0.3, -0.25) is 4.79 Å². The van der Waals surface area contributed by atoms with E-state index in [0.29, 0.717) is 5.75 Å². The lowest BCUT2D eigenvalue weighted by Crippen LogP contribution is -2.29. The summed E-state index contributed by atoms with van der Waals surface area (Å²) in [6.45, 7) is 1.68. The van der Waals surface area contributed by atoms with Gasteiger partial charge >= 0.3 is 5.97 Å². The van der Waals surface area contributed by atoms with Crippen LogP contribution in [0.25, 0.3) is 0 Å². The highest BCUT2D eigenvalue weighted by Gasteiger charge is 2.25. The molecule has 0 aromatic heterocycles. The van der Waals surface area contributed by atoms with Crippen LogP contribution >= 0.6 is 0 Å². The number of carboxylic acids is 1. The van der Waals surface area contributed by atoms with Gasteiger partial charge in [0.15, 0.2) is 0 Å². The minimum atomic E-state index is -0.828. The number of hydrogen-bond acceptors (Lipinski definition) is 3. The Hall–Kier alpha value is -1.55. The maximum atomic E-state index is 11.0. The fourth-order valence-electron chi connectivity index (χ4n) is 1.74. The average Bonchev–Trinajstić information content (AvgIpc) is 2.30. The molecule has 0 aliphatic heterocycles. The summed E-state index contributed by atoms with van der Waals surface area (Å²) in [5.41, 5.74) is 0.863. The third kappa shape index (κ3) is 2.52. The van der Waals surface area contributed by atoms with Crippen LogP contribution in [-0.2, 0) is 4.79 Å². The van der Waals surface area contributed by atoms with Crippen molar-refractivity contribution in [3.8, 4) is 5.75 Å². The van der Waals surface area contributed by atoms with Crippen molar-refractivity contribution >= 4 is 5.97 Å². The molecule has 0 aliphatic carbocycles. The van der Waals surface area contributed by atoms with Gasteiger partial charge in [0, 0.05) is 11.6 Å². The first-order valence-electron chi connectivity index (χ1n) is 5.14.